The number of rotatable bonds is 8. The average molecular weight is 318 g/mol. The Balaban J connectivity index is 3.12. The first-order chi connectivity index (χ1) is 9.52. The van der Waals surface area contributed by atoms with Crippen molar-refractivity contribution in [3.63, 3.8) is 0 Å². The molecule has 2 nitrogen and oxygen atoms in total. The highest BCUT2D eigenvalue weighted by molar-refractivity contribution is 6.42. The minimum atomic E-state index is 0.0566. The molecule has 2 atom stereocenters. The fourth-order valence-electron chi connectivity index (χ4n) is 2.33. The second kappa shape index (κ2) is 8.89. The quantitative estimate of drug-likeness (QED) is 0.720. The van der Waals surface area contributed by atoms with Crippen molar-refractivity contribution >= 4 is 23.2 Å². The molecule has 0 radical (unpaired) electrons. The van der Waals surface area contributed by atoms with Crippen LogP contribution in [-0.2, 0) is 4.74 Å². The molecule has 20 heavy (non-hydrogen) atoms. The predicted octanol–water partition coefficient (Wildman–Crippen LogP) is 5.10. The van der Waals surface area contributed by atoms with E-state index in [9.17, 15) is 0 Å². The molecule has 0 aromatic heterocycles. The van der Waals surface area contributed by atoms with Crippen LogP contribution in [-0.4, -0.2) is 19.3 Å². The van der Waals surface area contributed by atoms with Crippen LogP contribution in [0.25, 0.3) is 0 Å². The first kappa shape index (κ1) is 17.8. The lowest BCUT2D eigenvalue weighted by atomic mass is 9.93. The van der Waals surface area contributed by atoms with E-state index in [1.807, 2.05) is 25.1 Å². The second-order valence-electron chi connectivity index (χ2n) is 5.24. The summed E-state index contributed by atoms with van der Waals surface area (Å²) in [6.45, 7) is 10.1. The number of halogens is 2. The zero-order valence-corrected chi connectivity index (χ0v) is 14.3. The zero-order chi connectivity index (χ0) is 15.1. The summed E-state index contributed by atoms with van der Waals surface area (Å²) in [5, 5.41) is 4.76. The van der Waals surface area contributed by atoms with Crippen molar-refractivity contribution in [1.82, 2.24) is 5.32 Å². The summed E-state index contributed by atoms with van der Waals surface area (Å²) in [7, 11) is 0. The Hall–Kier alpha value is -0.280. The van der Waals surface area contributed by atoms with E-state index in [0.717, 1.165) is 18.5 Å². The van der Waals surface area contributed by atoms with E-state index in [1.165, 1.54) is 0 Å². The molecule has 0 bridgehead atoms. The summed E-state index contributed by atoms with van der Waals surface area (Å²) >= 11 is 12.5. The van der Waals surface area contributed by atoms with E-state index in [2.05, 4.69) is 26.1 Å². The zero-order valence-electron chi connectivity index (χ0n) is 12.7. The maximum atomic E-state index is 6.39. The van der Waals surface area contributed by atoms with Crippen molar-refractivity contribution in [3.8, 4) is 0 Å². The SMILES string of the molecule is CCCNC(c1cccc(Cl)c1Cl)C(OCC)C(C)C. The maximum Gasteiger partial charge on any atom is 0.0792 e. The highest BCUT2D eigenvalue weighted by atomic mass is 35.5. The number of nitrogens with one attached hydrogen (secondary N) is 1. The van der Waals surface area contributed by atoms with Crippen LogP contribution in [0, 0.1) is 5.92 Å². The highest BCUT2D eigenvalue weighted by Crippen LogP contribution is 2.34. The molecule has 0 heterocycles. The molecule has 1 rings (SSSR count). The molecule has 2 unspecified atom stereocenters. The van der Waals surface area contributed by atoms with Gasteiger partial charge in [0, 0.05) is 6.61 Å². The van der Waals surface area contributed by atoms with Gasteiger partial charge in [-0.15, -0.1) is 0 Å². The maximum absolute atomic E-state index is 6.39. The molecular formula is C16H25Cl2NO. The van der Waals surface area contributed by atoms with Gasteiger partial charge in [0.25, 0.3) is 0 Å². The van der Waals surface area contributed by atoms with E-state index < -0.39 is 0 Å². The monoisotopic (exact) mass is 317 g/mol. The predicted molar refractivity (Wildman–Crippen MR) is 87.7 cm³/mol. The minimum Gasteiger partial charge on any atom is -0.376 e. The summed E-state index contributed by atoms with van der Waals surface area (Å²) in [5.41, 5.74) is 1.01. The normalized spacial score (nSPS) is 14.6. The van der Waals surface area contributed by atoms with Crippen molar-refractivity contribution in [2.75, 3.05) is 13.2 Å². The Morgan fingerprint density at radius 2 is 1.90 bits per heavy atom. The number of hydrogen-bond donors (Lipinski definition) is 1. The Morgan fingerprint density at radius 3 is 2.45 bits per heavy atom. The molecule has 0 aliphatic rings. The molecule has 0 spiro atoms. The molecule has 0 amide bonds. The minimum absolute atomic E-state index is 0.0566. The standard InChI is InChI=1S/C16H25Cl2NO/c1-5-10-19-15(16(11(3)4)20-6-2)12-8-7-9-13(17)14(12)18/h7-9,11,15-16,19H,5-6,10H2,1-4H3. The highest BCUT2D eigenvalue weighted by Gasteiger charge is 2.28. The molecule has 1 N–H and O–H groups in total. The molecule has 1 aromatic carbocycles. The molecule has 4 heteroatoms. The summed E-state index contributed by atoms with van der Waals surface area (Å²) in [6, 6.07) is 5.83. The van der Waals surface area contributed by atoms with Crippen LogP contribution in [0.2, 0.25) is 10.0 Å². The molecule has 0 saturated carbocycles. The largest absolute Gasteiger partial charge is 0.376 e. The van der Waals surface area contributed by atoms with Gasteiger partial charge < -0.3 is 10.1 Å². The van der Waals surface area contributed by atoms with Crippen molar-refractivity contribution in [2.45, 2.75) is 46.3 Å². The fourth-order valence-corrected chi connectivity index (χ4v) is 2.76. The molecule has 0 aliphatic heterocycles. The summed E-state index contributed by atoms with van der Waals surface area (Å²) in [5.74, 6) is 0.388. The van der Waals surface area contributed by atoms with E-state index in [-0.39, 0.29) is 12.1 Å². The van der Waals surface area contributed by atoms with Crippen molar-refractivity contribution < 1.29 is 4.74 Å². The van der Waals surface area contributed by atoms with Gasteiger partial charge in [0.1, 0.15) is 0 Å². The molecule has 0 aliphatic carbocycles. The molecule has 0 fully saturated rings. The number of hydrogen-bond acceptors (Lipinski definition) is 2. The third-order valence-corrected chi connectivity index (χ3v) is 4.11. The molecule has 0 saturated heterocycles. The first-order valence-corrected chi connectivity index (χ1v) is 8.07. The van der Waals surface area contributed by atoms with Gasteiger partial charge in [0.15, 0.2) is 0 Å². The molecule has 114 valence electrons. The van der Waals surface area contributed by atoms with Gasteiger partial charge in [0.05, 0.1) is 22.2 Å². The van der Waals surface area contributed by atoms with Crippen LogP contribution in [0.15, 0.2) is 18.2 Å². The average Bonchev–Trinajstić information content (AvgIpc) is 2.41. The van der Waals surface area contributed by atoms with E-state index in [0.29, 0.717) is 22.6 Å². The van der Waals surface area contributed by atoms with Crippen molar-refractivity contribution in [2.24, 2.45) is 5.92 Å². The van der Waals surface area contributed by atoms with E-state index in [4.69, 9.17) is 27.9 Å². The fraction of sp³-hybridized carbons (Fsp3) is 0.625. The van der Waals surface area contributed by atoms with Crippen LogP contribution in [0.5, 0.6) is 0 Å². The Labute approximate surface area is 132 Å². The van der Waals surface area contributed by atoms with Crippen LogP contribution >= 0.6 is 23.2 Å². The van der Waals surface area contributed by atoms with E-state index in [1.54, 1.807) is 0 Å². The topological polar surface area (TPSA) is 21.3 Å². The van der Waals surface area contributed by atoms with Gasteiger partial charge in [-0.2, -0.15) is 0 Å². The van der Waals surface area contributed by atoms with Crippen LogP contribution < -0.4 is 5.32 Å². The smallest absolute Gasteiger partial charge is 0.0792 e. The lowest BCUT2D eigenvalue weighted by Gasteiger charge is -2.32. The molecular weight excluding hydrogens is 293 g/mol. The molecule has 1 aromatic rings. The number of benzene rings is 1. The van der Waals surface area contributed by atoms with Crippen LogP contribution in [0.4, 0.5) is 0 Å². The first-order valence-electron chi connectivity index (χ1n) is 7.31. The van der Waals surface area contributed by atoms with Crippen LogP contribution in [0.1, 0.15) is 45.7 Å². The lowest BCUT2D eigenvalue weighted by Crippen LogP contribution is -2.38. The second-order valence-corrected chi connectivity index (χ2v) is 6.02. The van der Waals surface area contributed by atoms with Crippen LogP contribution in [0.3, 0.4) is 0 Å². The summed E-state index contributed by atoms with van der Waals surface area (Å²) < 4.78 is 5.95. The Morgan fingerprint density at radius 1 is 1.20 bits per heavy atom. The van der Waals surface area contributed by atoms with Gasteiger partial charge in [-0.05, 0) is 37.4 Å². The van der Waals surface area contributed by atoms with Gasteiger partial charge in [-0.25, -0.2) is 0 Å². The van der Waals surface area contributed by atoms with Gasteiger partial charge >= 0.3 is 0 Å². The van der Waals surface area contributed by atoms with Gasteiger partial charge in [-0.3, -0.25) is 0 Å². The van der Waals surface area contributed by atoms with E-state index >= 15 is 0 Å². The van der Waals surface area contributed by atoms with Crippen molar-refractivity contribution in [1.29, 1.82) is 0 Å². The Bertz CT molecular complexity index is 409. The number of ether oxygens (including phenoxy) is 1. The van der Waals surface area contributed by atoms with Crippen molar-refractivity contribution in [3.05, 3.63) is 33.8 Å². The summed E-state index contributed by atoms with van der Waals surface area (Å²) in [4.78, 5) is 0. The van der Waals surface area contributed by atoms with Gasteiger partial charge in [0.2, 0.25) is 0 Å². The van der Waals surface area contributed by atoms with Gasteiger partial charge in [-0.1, -0.05) is 56.1 Å². The Kier molecular flexibility index (Phi) is 7.90. The third-order valence-electron chi connectivity index (χ3n) is 3.28. The third kappa shape index (κ3) is 4.63. The lowest BCUT2D eigenvalue weighted by molar-refractivity contribution is 0.00286. The summed E-state index contributed by atoms with van der Waals surface area (Å²) in [6.07, 6.45) is 1.13.